The number of rotatable bonds is 4. The van der Waals surface area contributed by atoms with Gasteiger partial charge in [0.05, 0.1) is 19.3 Å². The molecule has 16 heavy (non-hydrogen) atoms. The lowest BCUT2D eigenvalue weighted by molar-refractivity contribution is 0.0441. The Balaban J connectivity index is 1.79. The Hall–Kier alpha value is -0.550. The summed E-state index contributed by atoms with van der Waals surface area (Å²) in [6, 6.07) is 8.02. The number of nitrogens with one attached hydrogen (secondary N) is 1. The summed E-state index contributed by atoms with van der Waals surface area (Å²) < 4.78 is 5.62. The van der Waals surface area contributed by atoms with Gasteiger partial charge in [-0.05, 0) is 17.7 Å². The molecule has 0 saturated carbocycles. The number of thioether (sulfide) groups is 1. The number of hydrogen-bond donors (Lipinski definition) is 2. The highest BCUT2D eigenvalue weighted by Gasteiger charge is 2.13. The summed E-state index contributed by atoms with van der Waals surface area (Å²) in [5.74, 6) is 0.978. The van der Waals surface area contributed by atoms with Crippen molar-refractivity contribution in [3.05, 3.63) is 29.8 Å². The van der Waals surface area contributed by atoms with E-state index in [0.29, 0.717) is 6.10 Å². The molecule has 1 aliphatic rings. The monoisotopic (exact) mass is 239 g/mol. The Morgan fingerprint density at radius 3 is 2.81 bits per heavy atom. The Bertz CT molecular complexity index is 309. The summed E-state index contributed by atoms with van der Waals surface area (Å²) in [5, 5.41) is 12.2. The van der Waals surface area contributed by atoms with Crippen molar-refractivity contribution in [2.45, 2.75) is 17.6 Å². The first-order valence-electron chi connectivity index (χ1n) is 5.53. The van der Waals surface area contributed by atoms with Crippen LogP contribution >= 0.6 is 11.8 Å². The first kappa shape index (κ1) is 11.9. The Kier molecular flexibility index (Phi) is 4.66. The normalized spacial score (nSPS) is 20.9. The topological polar surface area (TPSA) is 41.5 Å². The maximum atomic E-state index is 8.93. The predicted octanol–water partition coefficient (Wildman–Crippen LogP) is 1.26. The molecule has 4 heteroatoms. The molecule has 0 aliphatic carbocycles. The van der Waals surface area contributed by atoms with Crippen molar-refractivity contribution < 1.29 is 9.84 Å². The Morgan fingerprint density at radius 1 is 1.38 bits per heavy atom. The molecule has 0 spiro atoms. The predicted molar refractivity (Wildman–Crippen MR) is 65.7 cm³/mol. The van der Waals surface area contributed by atoms with Crippen LogP contribution in [0.5, 0.6) is 0 Å². The van der Waals surface area contributed by atoms with Gasteiger partial charge in [-0.25, -0.2) is 0 Å². The minimum absolute atomic E-state index is 0.112. The lowest BCUT2D eigenvalue weighted by Crippen LogP contribution is -2.39. The lowest BCUT2D eigenvalue weighted by atomic mass is 10.2. The van der Waals surface area contributed by atoms with E-state index in [1.54, 1.807) is 11.8 Å². The largest absolute Gasteiger partial charge is 0.392 e. The van der Waals surface area contributed by atoms with Crippen molar-refractivity contribution in [3.63, 3.8) is 0 Å². The van der Waals surface area contributed by atoms with E-state index in [-0.39, 0.29) is 6.61 Å². The van der Waals surface area contributed by atoms with Crippen LogP contribution < -0.4 is 5.32 Å². The second kappa shape index (κ2) is 6.25. The molecule has 1 unspecified atom stereocenters. The molecule has 0 aromatic heterocycles. The molecule has 2 N–H and O–H groups in total. The van der Waals surface area contributed by atoms with Crippen LogP contribution in [-0.2, 0) is 11.3 Å². The van der Waals surface area contributed by atoms with E-state index < -0.39 is 0 Å². The number of aliphatic hydroxyl groups excluding tert-OH is 1. The minimum atomic E-state index is 0.112. The molecule has 0 amide bonds. The van der Waals surface area contributed by atoms with Gasteiger partial charge in [-0.2, -0.15) is 0 Å². The van der Waals surface area contributed by atoms with Gasteiger partial charge in [0.25, 0.3) is 0 Å². The molecule has 2 rings (SSSR count). The van der Waals surface area contributed by atoms with Gasteiger partial charge in [0.1, 0.15) is 0 Å². The molecule has 1 atom stereocenters. The maximum absolute atomic E-state index is 8.93. The van der Waals surface area contributed by atoms with Gasteiger partial charge in [0.15, 0.2) is 0 Å². The van der Waals surface area contributed by atoms with Crippen LogP contribution in [0.1, 0.15) is 5.56 Å². The Labute approximate surface area is 100 Å². The third kappa shape index (κ3) is 3.49. The molecule has 1 fully saturated rings. The summed E-state index contributed by atoms with van der Waals surface area (Å²) in [6.07, 6.45) is 0.316. The van der Waals surface area contributed by atoms with E-state index in [9.17, 15) is 0 Å². The first-order chi connectivity index (χ1) is 7.88. The van der Waals surface area contributed by atoms with Crippen LogP contribution in [0.3, 0.4) is 0 Å². The molecule has 0 radical (unpaired) electrons. The third-order valence-electron chi connectivity index (χ3n) is 2.55. The number of morpholine rings is 1. The van der Waals surface area contributed by atoms with Crippen LogP contribution in [-0.4, -0.2) is 36.7 Å². The SMILES string of the molecule is OCc1ccc(SCC2CNCCO2)cc1. The highest BCUT2D eigenvalue weighted by atomic mass is 32.2. The van der Waals surface area contributed by atoms with Gasteiger partial charge in [0, 0.05) is 23.7 Å². The summed E-state index contributed by atoms with van der Waals surface area (Å²) in [5.41, 5.74) is 0.958. The quantitative estimate of drug-likeness (QED) is 0.776. The highest BCUT2D eigenvalue weighted by molar-refractivity contribution is 7.99. The zero-order valence-electron chi connectivity index (χ0n) is 9.19. The molecule has 1 heterocycles. The molecule has 1 aromatic carbocycles. The van der Waals surface area contributed by atoms with Gasteiger partial charge >= 0.3 is 0 Å². The fraction of sp³-hybridized carbons (Fsp3) is 0.500. The van der Waals surface area contributed by atoms with Crippen LogP contribution in [0.2, 0.25) is 0 Å². The molecule has 3 nitrogen and oxygen atoms in total. The van der Waals surface area contributed by atoms with Crippen LogP contribution in [0.25, 0.3) is 0 Å². The summed E-state index contributed by atoms with van der Waals surface area (Å²) >= 11 is 1.80. The van der Waals surface area contributed by atoms with Crippen molar-refractivity contribution in [2.75, 3.05) is 25.4 Å². The second-order valence-corrected chi connectivity index (χ2v) is 4.90. The number of ether oxygens (including phenoxy) is 1. The molecule has 1 saturated heterocycles. The van der Waals surface area contributed by atoms with E-state index in [1.165, 1.54) is 4.90 Å². The van der Waals surface area contributed by atoms with Crippen molar-refractivity contribution in [3.8, 4) is 0 Å². The third-order valence-corrected chi connectivity index (χ3v) is 3.69. The summed E-state index contributed by atoms with van der Waals surface area (Å²) in [7, 11) is 0. The van der Waals surface area contributed by atoms with Gasteiger partial charge < -0.3 is 15.2 Å². The van der Waals surface area contributed by atoms with Gasteiger partial charge in [-0.3, -0.25) is 0 Å². The molecule has 1 aromatic rings. The van der Waals surface area contributed by atoms with E-state index in [2.05, 4.69) is 5.32 Å². The van der Waals surface area contributed by atoms with Crippen molar-refractivity contribution in [1.82, 2.24) is 5.32 Å². The summed E-state index contributed by atoms with van der Waals surface area (Å²) in [4.78, 5) is 1.23. The smallest absolute Gasteiger partial charge is 0.0793 e. The van der Waals surface area contributed by atoms with Crippen molar-refractivity contribution in [1.29, 1.82) is 0 Å². The van der Waals surface area contributed by atoms with E-state index in [1.807, 2.05) is 24.3 Å². The van der Waals surface area contributed by atoms with Gasteiger partial charge in [0.2, 0.25) is 0 Å². The van der Waals surface area contributed by atoms with Crippen LogP contribution in [0, 0.1) is 0 Å². The molecule has 0 bridgehead atoms. The van der Waals surface area contributed by atoms with E-state index in [0.717, 1.165) is 31.0 Å². The molecular weight excluding hydrogens is 222 g/mol. The van der Waals surface area contributed by atoms with Crippen molar-refractivity contribution >= 4 is 11.8 Å². The minimum Gasteiger partial charge on any atom is -0.392 e. The van der Waals surface area contributed by atoms with Gasteiger partial charge in [-0.1, -0.05) is 12.1 Å². The highest BCUT2D eigenvalue weighted by Crippen LogP contribution is 2.20. The molecule has 1 aliphatic heterocycles. The van der Waals surface area contributed by atoms with Crippen molar-refractivity contribution in [2.24, 2.45) is 0 Å². The fourth-order valence-electron chi connectivity index (χ4n) is 1.61. The maximum Gasteiger partial charge on any atom is 0.0793 e. The first-order valence-corrected chi connectivity index (χ1v) is 6.52. The standard InChI is InChI=1S/C12H17NO2S/c14-8-10-1-3-12(4-2-10)16-9-11-7-13-5-6-15-11/h1-4,11,13-14H,5-9H2. The average molecular weight is 239 g/mol. The number of benzene rings is 1. The van der Waals surface area contributed by atoms with E-state index in [4.69, 9.17) is 9.84 Å². The molecular formula is C12H17NO2S. The molecule has 88 valence electrons. The average Bonchev–Trinajstić information content (AvgIpc) is 2.38. The van der Waals surface area contributed by atoms with Crippen LogP contribution in [0.15, 0.2) is 29.2 Å². The summed E-state index contributed by atoms with van der Waals surface area (Å²) in [6.45, 7) is 2.84. The zero-order valence-corrected chi connectivity index (χ0v) is 10.0. The van der Waals surface area contributed by atoms with Crippen LogP contribution in [0.4, 0.5) is 0 Å². The second-order valence-electron chi connectivity index (χ2n) is 3.81. The Morgan fingerprint density at radius 2 is 2.19 bits per heavy atom. The lowest BCUT2D eigenvalue weighted by Gasteiger charge is -2.23. The number of hydrogen-bond acceptors (Lipinski definition) is 4. The van der Waals surface area contributed by atoms with E-state index >= 15 is 0 Å². The van der Waals surface area contributed by atoms with Gasteiger partial charge in [-0.15, -0.1) is 11.8 Å². The zero-order chi connectivity index (χ0) is 11.2. The number of aliphatic hydroxyl groups is 1. The fourth-order valence-corrected chi connectivity index (χ4v) is 2.53.